The molecule has 0 saturated carbocycles. The van der Waals surface area contributed by atoms with Crippen LogP contribution in [0.25, 0.3) is 0 Å². The Morgan fingerprint density at radius 2 is 2.58 bits per heavy atom. The lowest BCUT2D eigenvalue weighted by Crippen LogP contribution is -2.14. The van der Waals surface area contributed by atoms with Crippen molar-refractivity contribution in [1.29, 1.82) is 0 Å². The van der Waals surface area contributed by atoms with E-state index >= 15 is 0 Å². The van der Waals surface area contributed by atoms with Gasteiger partial charge in [-0.3, -0.25) is 4.79 Å². The number of hydrogen-bond donors (Lipinski definition) is 0. The molecule has 0 aliphatic heterocycles. The minimum Gasteiger partial charge on any atom is -0.465 e. The van der Waals surface area contributed by atoms with Crippen molar-refractivity contribution in [3.05, 3.63) is 10.8 Å². The third-order valence-electron chi connectivity index (χ3n) is 1.15. The Labute approximate surface area is 77.8 Å². The third-order valence-corrected chi connectivity index (χ3v) is 1.77. The summed E-state index contributed by atoms with van der Waals surface area (Å²) in [6.07, 6.45) is 1.51. The second kappa shape index (κ2) is 4.20. The minimum absolute atomic E-state index is 0.0917. The van der Waals surface area contributed by atoms with Crippen LogP contribution in [-0.2, 0) is 16.1 Å². The molecule has 0 aromatic carbocycles. The SMILES string of the molecule is CCOC(=O)Cn1nncc1Br. The lowest BCUT2D eigenvalue weighted by molar-refractivity contribution is -0.144. The maximum atomic E-state index is 10.9. The fourth-order valence-electron chi connectivity index (χ4n) is 0.681. The summed E-state index contributed by atoms with van der Waals surface area (Å²) in [6.45, 7) is 2.23. The molecule has 6 heteroatoms. The number of carbonyl (C=O) groups is 1. The average Bonchev–Trinajstić information content (AvgIpc) is 2.37. The zero-order valence-electron chi connectivity index (χ0n) is 6.53. The highest BCUT2D eigenvalue weighted by Crippen LogP contribution is 2.05. The third kappa shape index (κ3) is 2.30. The number of hydrogen-bond acceptors (Lipinski definition) is 4. The molecule has 1 rings (SSSR count). The quantitative estimate of drug-likeness (QED) is 0.718. The van der Waals surface area contributed by atoms with E-state index in [0.29, 0.717) is 11.2 Å². The number of nitrogens with zero attached hydrogens (tertiary/aromatic N) is 3. The number of halogens is 1. The van der Waals surface area contributed by atoms with Gasteiger partial charge in [-0.2, -0.15) is 0 Å². The number of rotatable bonds is 3. The molecule has 0 aliphatic rings. The van der Waals surface area contributed by atoms with E-state index in [1.165, 1.54) is 10.9 Å². The van der Waals surface area contributed by atoms with Gasteiger partial charge < -0.3 is 4.74 Å². The molecular formula is C6H8BrN3O2. The zero-order chi connectivity index (χ0) is 8.97. The monoisotopic (exact) mass is 233 g/mol. The highest BCUT2D eigenvalue weighted by molar-refractivity contribution is 9.10. The fraction of sp³-hybridized carbons (Fsp3) is 0.500. The van der Waals surface area contributed by atoms with Crippen molar-refractivity contribution in [2.75, 3.05) is 6.61 Å². The fourth-order valence-corrected chi connectivity index (χ4v) is 0.969. The molecule has 0 radical (unpaired) electrons. The van der Waals surface area contributed by atoms with Crippen LogP contribution in [0.4, 0.5) is 0 Å². The maximum Gasteiger partial charge on any atom is 0.327 e. The first-order valence-electron chi connectivity index (χ1n) is 3.43. The van der Waals surface area contributed by atoms with Gasteiger partial charge in [-0.05, 0) is 22.9 Å². The van der Waals surface area contributed by atoms with Crippen molar-refractivity contribution >= 4 is 21.9 Å². The molecule has 0 fully saturated rings. The highest BCUT2D eigenvalue weighted by atomic mass is 79.9. The van der Waals surface area contributed by atoms with Crippen molar-refractivity contribution in [3.63, 3.8) is 0 Å². The Bertz CT molecular complexity index is 274. The van der Waals surface area contributed by atoms with Gasteiger partial charge in [0.2, 0.25) is 0 Å². The van der Waals surface area contributed by atoms with Crippen LogP contribution in [0.5, 0.6) is 0 Å². The Hall–Kier alpha value is -0.910. The van der Waals surface area contributed by atoms with Crippen molar-refractivity contribution in [3.8, 4) is 0 Å². The molecule has 0 atom stereocenters. The Balaban J connectivity index is 2.52. The first-order valence-corrected chi connectivity index (χ1v) is 4.23. The van der Waals surface area contributed by atoms with Crippen LogP contribution in [0.3, 0.4) is 0 Å². The van der Waals surface area contributed by atoms with Gasteiger partial charge in [0.1, 0.15) is 11.1 Å². The minimum atomic E-state index is -0.316. The van der Waals surface area contributed by atoms with Gasteiger partial charge in [-0.25, -0.2) is 4.68 Å². The Morgan fingerprint density at radius 1 is 1.83 bits per heavy atom. The summed E-state index contributed by atoms with van der Waals surface area (Å²) in [4.78, 5) is 10.9. The van der Waals surface area contributed by atoms with Crippen LogP contribution < -0.4 is 0 Å². The summed E-state index contributed by atoms with van der Waals surface area (Å²) in [5.74, 6) is -0.316. The van der Waals surface area contributed by atoms with Gasteiger partial charge in [0, 0.05) is 0 Å². The number of esters is 1. The standard InChI is InChI=1S/C6H8BrN3O2/c1-2-12-6(11)4-10-5(7)3-8-9-10/h3H,2,4H2,1H3. The van der Waals surface area contributed by atoms with Gasteiger partial charge in [-0.1, -0.05) is 5.21 Å². The lowest BCUT2D eigenvalue weighted by atomic mass is 10.6. The topological polar surface area (TPSA) is 57.0 Å². The molecule has 0 unspecified atom stereocenters. The first kappa shape index (κ1) is 9.18. The predicted octanol–water partition coefficient (Wildman–Crippen LogP) is 0.604. The van der Waals surface area contributed by atoms with E-state index in [9.17, 15) is 4.79 Å². The molecule has 0 amide bonds. The van der Waals surface area contributed by atoms with Crippen molar-refractivity contribution < 1.29 is 9.53 Å². The Kier molecular flexibility index (Phi) is 3.21. The van der Waals surface area contributed by atoms with Crippen molar-refractivity contribution in [2.24, 2.45) is 0 Å². The van der Waals surface area contributed by atoms with E-state index in [1.807, 2.05) is 0 Å². The molecule has 5 nitrogen and oxygen atoms in total. The molecule has 0 aliphatic carbocycles. The van der Waals surface area contributed by atoms with Gasteiger partial charge in [0.15, 0.2) is 0 Å². The van der Waals surface area contributed by atoms with E-state index in [2.05, 4.69) is 26.2 Å². The van der Waals surface area contributed by atoms with E-state index in [1.54, 1.807) is 6.92 Å². The van der Waals surface area contributed by atoms with E-state index in [4.69, 9.17) is 4.74 Å². The number of carbonyl (C=O) groups excluding carboxylic acids is 1. The maximum absolute atomic E-state index is 10.9. The molecule has 0 saturated heterocycles. The molecule has 1 heterocycles. The summed E-state index contributed by atoms with van der Waals surface area (Å²) in [6, 6.07) is 0. The number of aromatic nitrogens is 3. The first-order chi connectivity index (χ1) is 5.74. The molecule has 0 spiro atoms. The zero-order valence-corrected chi connectivity index (χ0v) is 8.11. The smallest absolute Gasteiger partial charge is 0.327 e. The van der Waals surface area contributed by atoms with Gasteiger partial charge in [0.05, 0.1) is 12.8 Å². The average molecular weight is 234 g/mol. The van der Waals surface area contributed by atoms with Gasteiger partial charge in [0.25, 0.3) is 0 Å². The molecule has 0 N–H and O–H groups in total. The second-order valence-electron chi connectivity index (χ2n) is 2.02. The summed E-state index contributed by atoms with van der Waals surface area (Å²) in [7, 11) is 0. The normalized spacial score (nSPS) is 9.83. The lowest BCUT2D eigenvalue weighted by Gasteiger charge is -2.01. The van der Waals surface area contributed by atoms with Crippen LogP contribution in [0, 0.1) is 0 Å². The molecule has 0 bridgehead atoms. The largest absolute Gasteiger partial charge is 0.465 e. The van der Waals surface area contributed by atoms with Crippen LogP contribution in [-0.4, -0.2) is 27.6 Å². The predicted molar refractivity (Wildman–Crippen MR) is 44.4 cm³/mol. The van der Waals surface area contributed by atoms with Gasteiger partial charge in [-0.15, -0.1) is 5.10 Å². The van der Waals surface area contributed by atoms with Crippen LogP contribution in [0.1, 0.15) is 6.92 Å². The van der Waals surface area contributed by atoms with Crippen LogP contribution in [0.15, 0.2) is 10.8 Å². The van der Waals surface area contributed by atoms with Crippen LogP contribution >= 0.6 is 15.9 Å². The van der Waals surface area contributed by atoms with Crippen molar-refractivity contribution in [1.82, 2.24) is 15.0 Å². The van der Waals surface area contributed by atoms with Crippen molar-refractivity contribution in [2.45, 2.75) is 13.5 Å². The van der Waals surface area contributed by atoms with Crippen LogP contribution in [0.2, 0.25) is 0 Å². The highest BCUT2D eigenvalue weighted by Gasteiger charge is 2.06. The second-order valence-corrected chi connectivity index (χ2v) is 2.83. The summed E-state index contributed by atoms with van der Waals surface area (Å²) in [5.41, 5.74) is 0. The summed E-state index contributed by atoms with van der Waals surface area (Å²) >= 11 is 3.18. The molecule has 66 valence electrons. The van der Waals surface area contributed by atoms with E-state index in [-0.39, 0.29) is 12.5 Å². The Morgan fingerprint density at radius 3 is 3.08 bits per heavy atom. The number of ether oxygens (including phenoxy) is 1. The molecule has 1 aromatic rings. The summed E-state index contributed by atoms with van der Waals surface area (Å²) in [5, 5.41) is 7.25. The van der Waals surface area contributed by atoms with Gasteiger partial charge >= 0.3 is 5.97 Å². The van der Waals surface area contributed by atoms with E-state index in [0.717, 1.165) is 0 Å². The summed E-state index contributed by atoms with van der Waals surface area (Å²) < 4.78 is 6.80. The molecule has 12 heavy (non-hydrogen) atoms. The molecule has 1 aromatic heterocycles. The van der Waals surface area contributed by atoms with E-state index < -0.39 is 0 Å². The molecular weight excluding hydrogens is 226 g/mol.